The molecule has 0 bridgehead atoms. The van der Waals surface area contributed by atoms with Crippen LogP contribution < -0.4 is 4.74 Å². The van der Waals surface area contributed by atoms with Crippen molar-refractivity contribution in [3.05, 3.63) is 42.5 Å². The van der Waals surface area contributed by atoms with Crippen molar-refractivity contribution in [2.24, 2.45) is 0 Å². The molecule has 184 valence electrons. The number of hydrogen-bond acceptors (Lipinski definition) is 6. The van der Waals surface area contributed by atoms with Crippen molar-refractivity contribution in [3.8, 4) is 5.75 Å². The zero-order valence-corrected chi connectivity index (χ0v) is 20.0. The fraction of sp³-hybridized carbons (Fsp3) is 0.600. The van der Waals surface area contributed by atoms with E-state index in [1.54, 1.807) is 4.90 Å². The van der Waals surface area contributed by atoms with Gasteiger partial charge in [0.25, 0.3) is 5.91 Å². The molecule has 3 heterocycles. The number of carbonyl (C=O) groups is 2. The van der Waals surface area contributed by atoms with E-state index < -0.39 is 0 Å². The first kappa shape index (κ1) is 24.2. The van der Waals surface area contributed by atoms with Gasteiger partial charge in [-0.25, -0.2) is 9.67 Å². The maximum Gasteiger partial charge on any atom is 0.257 e. The predicted molar refractivity (Wildman–Crippen MR) is 126 cm³/mol. The Morgan fingerprint density at radius 3 is 2.62 bits per heavy atom. The number of rotatable bonds is 3. The number of para-hydroxylation sites is 1. The van der Waals surface area contributed by atoms with E-state index in [1.807, 2.05) is 36.1 Å². The SMILES string of the molecule is CCN1CCCCCCCCO[C@@H]2CN(C(=O)Cn3cncn3)C[C@H]2Oc2ccccc2C1=O. The third kappa shape index (κ3) is 6.14. The maximum absolute atomic E-state index is 13.3. The number of benzene rings is 1. The van der Waals surface area contributed by atoms with Crippen molar-refractivity contribution in [2.45, 2.75) is 64.2 Å². The molecule has 0 radical (unpaired) electrons. The quantitative estimate of drug-likeness (QED) is 0.687. The second-order valence-corrected chi connectivity index (χ2v) is 8.96. The van der Waals surface area contributed by atoms with E-state index in [-0.39, 0.29) is 30.6 Å². The van der Waals surface area contributed by atoms with Crippen molar-refractivity contribution in [1.29, 1.82) is 0 Å². The third-order valence-electron chi connectivity index (χ3n) is 6.55. The summed E-state index contributed by atoms with van der Waals surface area (Å²) in [6.07, 6.45) is 8.92. The number of hydrogen-bond donors (Lipinski definition) is 0. The lowest BCUT2D eigenvalue weighted by Gasteiger charge is -2.25. The lowest BCUT2D eigenvalue weighted by molar-refractivity contribution is -0.131. The number of carbonyl (C=O) groups excluding carboxylic acids is 2. The summed E-state index contributed by atoms with van der Waals surface area (Å²) in [5.74, 6) is 0.472. The molecular weight excluding hydrogens is 434 g/mol. The van der Waals surface area contributed by atoms with Crippen molar-refractivity contribution in [2.75, 3.05) is 32.8 Å². The van der Waals surface area contributed by atoms with Crippen LogP contribution in [0.25, 0.3) is 0 Å². The Balaban J connectivity index is 1.53. The van der Waals surface area contributed by atoms with Gasteiger partial charge < -0.3 is 19.3 Å². The Hall–Kier alpha value is -2.94. The highest BCUT2D eigenvalue weighted by atomic mass is 16.5. The van der Waals surface area contributed by atoms with Crippen molar-refractivity contribution in [1.82, 2.24) is 24.6 Å². The number of nitrogens with zero attached hydrogens (tertiary/aromatic N) is 5. The van der Waals surface area contributed by atoms with E-state index >= 15 is 0 Å². The summed E-state index contributed by atoms with van der Waals surface area (Å²) in [6.45, 7) is 5.04. The van der Waals surface area contributed by atoms with Gasteiger partial charge in [-0.15, -0.1) is 0 Å². The molecule has 9 nitrogen and oxygen atoms in total. The largest absolute Gasteiger partial charge is 0.485 e. The van der Waals surface area contributed by atoms with Crippen LogP contribution in [-0.2, 0) is 16.1 Å². The van der Waals surface area contributed by atoms with E-state index in [4.69, 9.17) is 9.47 Å². The molecule has 4 rings (SSSR count). The van der Waals surface area contributed by atoms with Crippen molar-refractivity contribution >= 4 is 11.8 Å². The van der Waals surface area contributed by atoms with Crippen LogP contribution in [0.2, 0.25) is 0 Å². The fourth-order valence-electron chi connectivity index (χ4n) is 4.60. The first-order valence-corrected chi connectivity index (χ1v) is 12.4. The Morgan fingerprint density at radius 2 is 1.82 bits per heavy atom. The second-order valence-electron chi connectivity index (χ2n) is 8.96. The topological polar surface area (TPSA) is 89.8 Å². The van der Waals surface area contributed by atoms with Crippen LogP contribution >= 0.6 is 0 Å². The monoisotopic (exact) mass is 469 g/mol. The fourth-order valence-corrected chi connectivity index (χ4v) is 4.60. The minimum Gasteiger partial charge on any atom is -0.485 e. The maximum atomic E-state index is 13.3. The first-order valence-electron chi connectivity index (χ1n) is 12.4. The van der Waals surface area contributed by atoms with E-state index in [9.17, 15) is 9.59 Å². The first-order chi connectivity index (χ1) is 16.7. The van der Waals surface area contributed by atoms with Gasteiger partial charge in [-0.1, -0.05) is 37.8 Å². The molecule has 2 aliphatic rings. The van der Waals surface area contributed by atoms with Crippen LogP contribution in [-0.4, -0.2) is 81.4 Å². The van der Waals surface area contributed by atoms with Gasteiger partial charge in [0.2, 0.25) is 5.91 Å². The molecule has 2 aliphatic heterocycles. The summed E-state index contributed by atoms with van der Waals surface area (Å²) in [6, 6.07) is 7.39. The minimum absolute atomic E-state index is 0.0141. The molecule has 34 heavy (non-hydrogen) atoms. The predicted octanol–water partition coefficient (Wildman–Crippen LogP) is 2.77. The molecule has 2 aromatic rings. The minimum atomic E-state index is -0.350. The normalized spacial score (nSPS) is 22.7. The van der Waals surface area contributed by atoms with E-state index in [1.165, 1.54) is 30.2 Å². The summed E-state index contributed by atoms with van der Waals surface area (Å²) in [7, 11) is 0. The standard InChI is InChI=1S/C25H35N5O4/c1-2-28-13-9-5-3-4-6-10-14-33-22-15-29(24(31)17-30-19-26-18-27-30)16-23(22)34-21-12-8-7-11-20(21)25(28)32/h7-8,11-12,18-19,22-23H,2-6,9-10,13-17H2,1H3/t22-,23-/m1/s1. The van der Waals surface area contributed by atoms with Crippen LogP contribution in [0.3, 0.4) is 0 Å². The smallest absolute Gasteiger partial charge is 0.257 e. The van der Waals surface area contributed by atoms with Gasteiger partial charge in [-0.3, -0.25) is 9.59 Å². The molecule has 0 N–H and O–H groups in total. The molecule has 0 spiro atoms. The zero-order chi connectivity index (χ0) is 23.8. The Bertz CT molecular complexity index is 935. The van der Waals surface area contributed by atoms with Gasteiger partial charge >= 0.3 is 0 Å². The summed E-state index contributed by atoms with van der Waals surface area (Å²) < 4.78 is 14.1. The summed E-state index contributed by atoms with van der Waals surface area (Å²) in [4.78, 5) is 33.8. The summed E-state index contributed by atoms with van der Waals surface area (Å²) in [5, 5.41) is 4.03. The molecule has 9 heteroatoms. The van der Waals surface area contributed by atoms with Crippen LogP contribution in [0.15, 0.2) is 36.9 Å². The van der Waals surface area contributed by atoms with Gasteiger partial charge in [0.1, 0.15) is 37.2 Å². The van der Waals surface area contributed by atoms with Crippen LogP contribution in [0, 0.1) is 0 Å². The van der Waals surface area contributed by atoms with Gasteiger partial charge in [0.15, 0.2) is 0 Å². The molecule has 1 aromatic heterocycles. The molecule has 0 aliphatic carbocycles. The van der Waals surface area contributed by atoms with Crippen LogP contribution in [0.5, 0.6) is 5.75 Å². The van der Waals surface area contributed by atoms with E-state index in [2.05, 4.69) is 10.1 Å². The zero-order valence-electron chi connectivity index (χ0n) is 20.0. The highest BCUT2D eigenvalue weighted by Gasteiger charge is 2.38. The van der Waals surface area contributed by atoms with Crippen molar-refractivity contribution < 1.29 is 19.1 Å². The number of aromatic nitrogens is 3. The average molecular weight is 470 g/mol. The molecule has 2 atom stereocenters. The lowest BCUT2D eigenvalue weighted by atomic mass is 10.1. The van der Waals surface area contributed by atoms with Gasteiger partial charge in [0.05, 0.1) is 18.7 Å². The second kappa shape index (κ2) is 12.0. The van der Waals surface area contributed by atoms with Crippen LogP contribution in [0.4, 0.5) is 0 Å². The Morgan fingerprint density at radius 1 is 1.06 bits per heavy atom. The molecule has 1 fully saturated rings. The highest BCUT2D eigenvalue weighted by Crippen LogP contribution is 2.26. The number of likely N-dealkylation sites (tertiary alicyclic amines) is 1. The molecule has 2 amide bonds. The summed E-state index contributed by atoms with van der Waals surface area (Å²) >= 11 is 0. The van der Waals surface area contributed by atoms with Gasteiger partial charge in [0, 0.05) is 19.7 Å². The highest BCUT2D eigenvalue weighted by molar-refractivity contribution is 5.97. The van der Waals surface area contributed by atoms with Crippen LogP contribution in [0.1, 0.15) is 55.8 Å². The molecular formula is C25H35N5O4. The average Bonchev–Trinajstić information content (AvgIpc) is 3.50. The van der Waals surface area contributed by atoms with Crippen molar-refractivity contribution in [3.63, 3.8) is 0 Å². The van der Waals surface area contributed by atoms with Gasteiger partial charge in [-0.2, -0.15) is 5.10 Å². The third-order valence-corrected chi connectivity index (χ3v) is 6.55. The van der Waals surface area contributed by atoms with E-state index in [0.29, 0.717) is 37.6 Å². The lowest BCUT2D eigenvalue weighted by Crippen LogP contribution is -2.35. The van der Waals surface area contributed by atoms with E-state index in [0.717, 1.165) is 32.2 Å². The molecule has 0 saturated carbocycles. The number of amides is 2. The number of fused-ring (bicyclic) bond motifs is 2. The molecule has 0 unspecified atom stereocenters. The Labute approximate surface area is 201 Å². The summed E-state index contributed by atoms with van der Waals surface area (Å²) in [5.41, 5.74) is 0.558. The molecule has 1 saturated heterocycles. The Kier molecular flexibility index (Phi) is 8.51. The molecule has 1 aromatic carbocycles. The van der Waals surface area contributed by atoms with Gasteiger partial charge in [-0.05, 0) is 31.9 Å². The number of ether oxygens (including phenoxy) is 2.